The Bertz CT molecular complexity index is 1650. The zero-order valence-electron chi connectivity index (χ0n) is 22.6. The lowest BCUT2D eigenvalue weighted by molar-refractivity contribution is 0.0551. The highest BCUT2D eigenvalue weighted by atomic mass is 32.2. The second-order valence-electron chi connectivity index (χ2n) is 11.0. The Labute approximate surface area is 232 Å². The molecule has 2 N–H and O–H groups in total. The van der Waals surface area contributed by atoms with Crippen molar-refractivity contribution in [1.29, 1.82) is 0 Å². The highest BCUT2D eigenvalue weighted by Crippen LogP contribution is 2.34. The average molecular weight is 566 g/mol. The molecule has 1 aliphatic rings. The third-order valence-electron chi connectivity index (χ3n) is 7.25. The molecule has 2 atom stereocenters. The number of nitrogens with one attached hydrogen (secondary N) is 1. The molecule has 5 rings (SSSR count). The fourth-order valence-electron chi connectivity index (χ4n) is 5.57. The van der Waals surface area contributed by atoms with E-state index in [2.05, 4.69) is 15.3 Å². The number of carbonyl (C=O) groups is 1. The Morgan fingerprint density at radius 3 is 2.50 bits per heavy atom. The van der Waals surface area contributed by atoms with Crippen molar-refractivity contribution in [3.05, 3.63) is 72.8 Å². The molecule has 0 aliphatic heterocycles. The van der Waals surface area contributed by atoms with Gasteiger partial charge in [0.15, 0.2) is 5.82 Å². The van der Waals surface area contributed by atoms with Crippen LogP contribution in [0.5, 0.6) is 0 Å². The molecule has 1 amide bonds. The van der Waals surface area contributed by atoms with Gasteiger partial charge in [0.1, 0.15) is 5.69 Å². The Morgan fingerprint density at radius 1 is 1.10 bits per heavy atom. The molecule has 1 saturated carbocycles. The van der Waals surface area contributed by atoms with Gasteiger partial charge in [-0.15, -0.1) is 0 Å². The molecule has 0 spiro atoms. The van der Waals surface area contributed by atoms with Crippen LogP contribution >= 0.6 is 0 Å². The highest BCUT2D eigenvalue weighted by molar-refractivity contribution is 7.90. The molecule has 2 heterocycles. The number of aromatic nitrogens is 3. The third-order valence-corrected chi connectivity index (χ3v) is 8.94. The topological polar surface area (TPSA) is 117 Å². The van der Waals surface area contributed by atoms with Crippen LogP contribution in [0.1, 0.15) is 46.5 Å². The predicted molar refractivity (Wildman–Crippen MR) is 151 cm³/mol. The van der Waals surface area contributed by atoms with Gasteiger partial charge in [-0.25, -0.2) is 31.5 Å². The maximum atomic E-state index is 15.2. The summed E-state index contributed by atoms with van der Waals surface area (Å²) in [5.41, 5.74) is 0.154. The van der Waals surface area contributed by atoms with Crippen LogP contribution in [0.15, 0.2) is 71.9 Å². The standard InChI is InChI=1S/C29H32FN5O4S/c1-29(2,3)35(28(36)37)20-11-9-10-19(16-20)32-27-31-17-24(30)26(33-27)23-18-34(25-15-8-7-14-22(23)25)40(38,39)21-12-5-4-6-13-21/h4-8,12-15,17-20H,9-11,16H2,1-3H3,(H,36,37)(H,31,32,33)/t19-,20+/m1/s1. The minimum Gasteiger partial charge on any atom is -0.465 e. The molecular weight excluding hydrogens is 533 g/mol. The summed E-state index contributed by atoms with van der Waals surface area (Å²) in [5.74, 6) is -0.487. The lowest BCUT2D eigenvalue weighted by Crippen LogP contribution is -2.53. The lowest BCUT2D eigenvalue weighted by atomic mass is 9.88. The van der Waals surface area contributed by atoms with Gasteiger partial charge in [-0.2, -0.15) is 0 Å². The smallest absolute Gasteiger partial charge is 0.407 e. The molecule has 9 nitrogen and oxygen atoms in total. The molecule has 2 aromatic carbocycles. The minimum atomic E-state index is -3.95. The highest BCUT2D eigenvalue weighted by Gasteiger charge is 2.36. The number of benzene rings is 2. The van der Waals surface area contributed by atoms with E-state index in [1.54, 1.807) is 42.5 Å². The number of para-hydroxylation sites is 1. The van der Waals surface area contributed by atoms with Crippen molar-refractivity contribution < 1.29 is 22.7 Å². The molecular formula is C29H32FN5O4S. The Balaban J connectivity index is 1.49. The molecule has 1 fully saturated rings. The summed E-state index contributed by atoms with van der Waals surface area (Å²) in [5, 5.41) is 13.6. The largest absolute Gasteiger partial charge is 0.465 e. The number of anilines is 1. The summed E-state index contributed by atoms with van der Waals surface area (Å²) in [6.45, 7) is 5.63. The molecule has 40 heavy (non-hydrogen) atoms. The summed E-state index contributed by atoms with van der Waals surface area (Å²) in [4.78, 5) is 22.2. The van der Waals surface area contributed by atoms with Crippen LogP contribution in [0.4, 0.5) is 15.1 Å². The van der Waals surface area contributed by atoms with Crippen molar-refractivity contribution in [3.63, 3.8) is 0 Å². The first-order valence-corrected chi connectivity index (χ1v) is 14.6. The van der Waals surface area contributed by atoms with E-state index in [4.69, 9.17) is 0 Å². The number of hydrogen-bond donors (Lipinski definition) is 2. The fraction of sp³-hybridized carbons (Fsp3) is 0.345. The van der Waals surface area contributed by atoms with Crippen molar-refractivity contribution in [1.82, 2.24) is 18.8 Å². The second kappa shape index (κ2) is 10.5. The molecule has 0 radical (unpaired) electrons. The SMILES string of the molecule is CC(C)(C)N(C(=O)O)[C@H]1CCC[C@@H](Nc2ncc(F)c(-c3cn(S(=O)(=O)c4ccccc4)c4ccccc34)n2)C1. The van der Waals surface area contributed by atoms with E-state index >= 15 is 4.39 Å². The summed E-state index contributed by atoms with van der Waals surface area (Å²) < 4.78 is 43.3. The normalized spacial score (nSPS) is 18.0. The van der Waals surface area contributed by atoms with Gasteiger partial charge in [-0.05, 0) is 64.7 Å². The maximum Gasteiger partial charge on any atom is 0.407 e. The van der Waals surface area contributed by atoms with E-state index in [1.807, 2.05) is 20.8 Å². The second-order valence-corrected chi connectivity index (χ2v) is 12.9. The van der Waals surface area contributed by atoms with Crippen LogP contribution in [0.2, 0.25) is 0 Å². The summed E-state index contributed by atoms with van der Waals surface area (Å²) in [7, 11) is -3.95. The van der Waals surface area contributed by atoms with Gasteiger partial charge >= 0.3 is 6.09 Å². The van der Waals surface area contributed by atoms with Crippen molar-refractivity contribution in [2.24, 2.45) is 0 Å². The van der Waals surface area contributed by atoms with Crippen LogP contribution in [-0.4, -0.2) is 56.1 Å². The van der Waals surface area contributed by atoms with Crippen molar-refractivity contribution >= 4 is 33.0 Å². The van der Waals surface area contributed by atoms with Gasteiger partial charge in [0, 0.05) is 34.8 Å². The van der Waals surface area contributed by atoms with Gasteiger partial charge in [0.2, 0.25) is 5.95 Å². The van der Waals surface area contributed by atoms with Crippen molar-refractivity contribution in [2.75, 3.05) is 5.32 Å². The first-order chi connectivity index (χ1) is 19.0. The van der Waals surface area contributed by atoms with Crippen molar-refractivity contribution in [2.45, 2.75) is 69.0 Å². The molecule has 1 aliphatic carbocycles. The van der Waals surface area contributed by atoms with E-state index < -0.39 is 27.5 Å². The van der Waals surface area contributed by atoms with E-state index in [-0.39, 0.29) is 28.6 Å². The number of amides is 1. The minimum absolute atomic E-state index is 0.0232. The Hall–Kier alpha value is -3.99. The van der Waals surface area contributed by atoms with Crippen LogP contribution in [0.3, 0.4) is 0 Å². The van der Waals surface area contributed by atoms with Gasteiger partial charge < -0.3 is 15.3 Å². The van der Waals surface area contributed by atoms with Crippen molar-refractivity contribution in [3.8, 4) is 11.3 Å². The molecule has 210 valence electrons. The molecule has 0 saturated heterocycles. The average Bonchev–Trinajstić information content (AvgIpc) is 3.30. The molecule has 11 heteroatoms. The third kappa shape index (κ3) is 5.25. The summed E-state index contributed by atoms with van der Waals surface area (Å²) in [6.07, 6.45) is 4.44. The maximum absolute atomic E-state index is 15.2. The van der Waals surface area contributed by atoms with Gasteiger partial charge in [0.25, 0.3) is 10.0 Å². The zero-order valence-corrected chi connectivity index (χ0v) is 23.4. The number of carboxylic acid groups (broad SMARTS) is 1. The van der Waals surface area contributed by atoms with Crippen LogP contribution in [-0.2, 0) is 10.0 Å². The van der Waals surface area contributed by atoms with Crippen LogP contribution in [0.25, 0.3) is 22.2 Å². The summed E-state index contributed by atoms with van der Waals surface area (Å²) >= 11 is 0. The molecule has 4 aromatic rings. The zero-order chi connectivity index (χ0) is 28.7. The molecule has 0 unspecified atom stereocenters. The number of hydrogen-bond acceptors (Lipinski definition) is 6. The number of nitrogens with zero attached hydrogens (tertiary/aromatic N) is 4. The monoisotopic (exact) mass is 565 g/mol. The van der Waals surface area contributed by atoms with Crippen LogP contribution in [0, 0.1) is 5.82 Å². The molecule has 0 bridgehead atoms. The van der Waals surface area contributed by atoms with E-state index in [1.165, 1.54) is 23.2 Å². The van der Waals surface area contributed by atoms with E-state index in [0.29, 0.717) is 22.9 Å². The lowest BCUT2D eigenvalue weighted by Gasteiger charge is -2.43. The number of rotatable bonds is 6. The predicted octanol–water partition coefficient (Wildman–Crippen LogP) is 5.98. The Morgan fingerprint density at radius 2 is 1.80 bits per heavy atom. The fourth-order valence-corrected chi connectivity index (χ4v) is 6.96. The van der Waals surface area contributed by atoms with Crippen LogP contribution < -0.4 is 5.32 Å². The first-order valence-electron chi connectivity index (χ1n) is 13.2. The quantitative estimate of drug-likeness (QED) is 0.295. The summed E-state index contributed by atoms with van der Waals surface area (Å²) in [6, 6.07) is 14.7. The van der Waals surface area contributed by atoms with E-state index in [9.17, 15) is 18.3 Å². The number of fused-ring (bicyclic) bond motifs is 1. The number of halogens is 1. The van der Waals surface area contributed by atoms with Gasteiger partial charge in [-0.3, -0.25) is 0 Å². The first kappa shape index (κ1) is 27.6. The molecule has 2 aromatic heterocycles. The van der Waals surface area contributed by atoms with Gasteiger partial charge in [-0.1, -0.05) is 36.4 Å². The Kier molecular flexibility index (Phi) is 7.26. The van der Waals surface area contributed by atoms with E-state index in [0.717, 1.165) is 29.4 Å². The van der Waals surface area contributed by atoms with Gasteiger partial charge in [0.05, 0.1) is 16.6 Å².